The maximum absolute atomic E-state index is 13.5. The fraction of sp³-hybridized carbons (Fsp3) is 0.172. The Morgan fingerprint density at radius 2 is 1.78 bits per heavy atom. The first-order valence-corrected chi connectivity index (χ1v) is 17.9. The third-order valence-electron chi connectivity index (χ3n) is 7.29. The quantitative estimate of drug-likeness (QED) is 0.0336. The third kappa shape index (κ3) is 7.19. The number of carbonyl (C=O) groups is 4. The molecular formula is C29H23N7O11S4. The number of nitrogens with one attached hydrogen (secondary N) is 1. The average Bonchev–Trinajstić information content (AvgIpc) is 3.75. The summed E-state index contributed by atoms with van der Waals surface area (Å²) in [5.74, 6) is -5.98. The molecule has 1 fully saturated rings. The first-order valence-electron chi connectivity index (χ1n) is 14.2. The molecule has 0 spiro atoms. The number of nitrogens with zero attached hydrogens (tertiary/aromatic N) is 5. The number of rotatable bonds is 12. The van der Waals surface area contributed by atoms with Crippen LogP contribution in [-0.4, -0.2) is 103 Å². The van der Waals surface area contributed by atoms with Crippen LogP contribution in [0, 0.1) is 0 Å². The summed E-state index contributed by atoms with van der Waals surface area (Å²) in [5.41, 5.74) is 5.70. The van der Waals surface area contributed by atoms with E-state index in [-0.39, 0.29) is 45.1 Å². The van der Waals surface area contributed by atoms with Gasteiger partial charge in [-0.05, 0) is 35.9 Å². The van der Waals surface area contributed by atoms with Crippen LogP contribution in [0.1, 0.15) is 17.4 Å². The van der Waals surface area contributed by atoms with Gasteiger partial charge in [0.1, 0.15) is 27.8 Å². The smallest absolute Gasteiger partial charge is 0.352 e. The molecule has 2 aromatic carbocycles. The van der Waals surface area contributed by atoms with Crippen molar-refractivity contribution in [3.05, 3.63) is 64.3 Å². The lowest BCUT2D eigenvalue weighted by Crippen LogP contribution is -2.71. The van der Waals surface area contributed by atoms with Gasteiger partial charge in [0.25, 0.3) is 11.8 Å². The summed E-state index contributed by atoms with van der Waals surface area (Å²) in [6, 6.07) is 6.18. The van der Waals surface area contributed by atoms with Gasteiger partial charge in [-0.3, -0.25) is 14.5 Å². The van der Waals surface area contributed by atoms with Crippen molar-refractivity contribution in [2.75, 3.05) is 17.2 Å². The van der Waals surface area contributed by atoms with Crippen LogP contribution in [0.25, 0.3) is 10.6 Å². The lowest BCUT2D eigenvalue weighted by molar-refractivity contribution is -0.151. The van der Waals surface area contributed by atoms with Crippen molar-refractivity contribution in [1.29, 1.82) is 0 Å². The summed E-state index contributed by atoms with van der Waals surface area (Å²) >= 11 is 4.55. The van der Waals surface area contributed by atoms with Gasteiger partial charge >= 0.3 is 11.9 Å². The fourth-order valence-corrected chi connectivity index (χ4v) is 8.73. The summed E-state index contributed by atoms with van der Waals surface area (Å²) in [6.07, 6.45) is -1.84. The van der Waals surface area contributed by atoms with E-state index >= 15 is 0 Å². The Labute approximate surface area is 301 Å². The second-order valence-electron chi connectivity index (χ2n) is 10.6. The predicted molar refractivity (Wildman–Crippen MR) is 183 cm³/mol. The van der Waals surface area contributed by atoms with Gasteiger partial charge in [0.15, 0.2) is 38.2 Å². The van der Waals surface area contributed by atoms with E-state index in [4.69, 9.17) is 10.6 Å². The van der Waals surface area contributed by atoms with Crippen LogP contribution in [-0.2, 0) is 24.0 Å². The topological polar surface area (TPSA) is 291 Å². The van der Waals surface area contributed by atoms with Crippen molar-refractivity contribution in [3.8, 4) is 33.6 Å². The van der Waals surface area contributed by atoms with E-state index in [1.54, 1.807) is 6.07 Å². The Morgan fingerprint density at radius 1 is 1.06 bits per heavy atom. The van der Waals surface area contributed by atoms with Gasteiger partial charge in [0.2, 0.25) is 6.10 Å². The minimum atomic E-state index is -1.84. The Morgan fingerprint density at radius 3 is 2.43 bits per heavy atom. The van der Waals surface area contributed by atoms with Gasteiger partial charge in [-0.1, -0.05) is 34.3 Å². The number of aromatic hydroxyl groups is 4. The molecule has 4 aromatic rings. The van der Waals surface area contributed by atoms with Gasteiger partial charge < -0.3 is 46.5 Å². The molecule has 2 aromatic heterocycles. The van der Waals surface area contributed by atoms with Crippen LogP contribution in [0.5, 0.6) is 23.0 Å². The number of carboxylic acids is 2. The van der Waals surface area contributed by atoms with Gasteiger partial charge in [0, 0.05) is 28.0 Å². The summed E-state index contributed by atoms with van der Waals surface area (Å²) in [5, 5.41) is 74.1. The zero-order chi connectivity index (χ0) is 36.6. The maximum atomic E-state index is 13.5. The number of aliphatic carboxylic acids is 2. The minimum Gasteiger partial charge on any atom is -0.504 e. The number of benzene rings is 2. The Hall–Kier alpha value is -5.58. The largest absolute Gasteiger partial charge is 0.504 e. The molecule has 18 nitrogen and oxygen atoms in total. The molecule has 22 heteroatoms. The number of carbonyl (C=O) groups excluding carboxylic acids is 2. The SMILES string of the molecule is Nc1nc(C(=NOC(C(=O)O)c2ccc(O)c(O)c2)C(=O)N[C@@H]2C(=O)N3C(C(=O)O)=C(CSc4nnc(-c5ccc(O)c(O)c5)s4)CS[C@H]23)cs1. The first-order chi connectivity index (χ1) is 24.3. The predicted octanol–water partition coefficient (Wildman–Crippen LogP) is 2.14. The number of oxime groups is 1. The Kier molecular flexibility index (Phi) is 9.91. The number of aromatic nitrogens is 3. The van der Waals surface area contributed by atoms with E-state index in [9.17, 15) is 49.8 Å². The number of phenols is 4. The zero-order valence-electron chi connectivity index (χ0n) is 25.4. The number of thioether (sulfide) groups is 2. The minimum absolute atomic E-state index is 0.0449. The molecule has 2 amide bonds. The van der Waals surface area contributed by atoms with Crippen molar-refractivity contribution in [3.63, 3.8) is 0 Å². The molecule has 4 heterocycles. The molecule has 9 N–H and O–H groups in total. The molecule has 0 radical (unpaired) electrons. The lowest BCUT2D eigenvalue weighted by atomic mass is 10.0. The molecule has 1 unspecified atom stereocenters. The number of hydrogen-bond donors (Lipinski definition) is 8. The van der Waals surface area contributed by atoms with E-state index < -0.39 is 58.5 Å². The molecular weight excluding hydrogens is 751 g/mol. The second-order valence-corrected chi connectivity index (χ2v) is 14.8. The van der Waals surface area contributed by atoms with Gasteiger partial charge in [-0.25, -0.2) is 14.6 Å². The van der Waals surface area contributed by atoms with Gasteiger partial charge in [-0.2, -0.15) is 0 Å². The van der Waals surface area contributed by atoms with E-state index in [1.807, 2.05) is 0 Å². The van der Waals surface area contributed by atoms with Crippen molar-refractivity contribution in [2.45, 2.75) is 21.9 Å². The number of amides is 2. The molecule has 1 saturated heterocycles. The average molecular weight is 774 g/mol. The number of phenolic OH excluding ortho intramolecular Hbond substituents is 4. The second kappa shape index (κ2) is 14.3. The molecule has 51 heavy (non-hydrogen) atoms. The summed E-state index contributed by atoms with van der Waals surface area (Å²) in [4.78, 5) is 61.5. The van der Waals surface area contributed by atoms with Crippen molar-refractivity contribution in [1.82, 2.24) is 25.4 Å². The van der Waals surface area contributed by atoms with Crippen molar-refractivity contribution in [2.24, 2.45) is 5.16 Å². The zero-order valence-corrected chi connectivity index (χ0v) is 28.6. The maximum Gasteiger partial charge on any atom is 0.352 e. The molecule has 0 bridgehead atoms. The number of carboxylic acid groups (broad SMARTS) is 2. The highest BCUT2D eigenvalue weighted by atomic mass is 32.2. The highest BCUT2D eigenvalue weighted by molar-refractivity contribution is 8.01. The van der Waals surface area contributed by atoms with E-state index in [0.717, 1.165) is 28.4 Å². The van der Waals surface area contributed by atoms with E-state index in [0.29, 0.717) is 20.5 Å². The summed E-state index contributed by atoms with van der Waals surface area (Å²) in [6.45, 7) is 0. The number of thiazole rings is 1. The molecule has 2 aliphatic rings. The molecule has 6 rings (SSSR count). The van der Waals surface area contributed by atoms with Crippen molar-refractivity contribution < 1.29 is 54.7 Å². The van der Waals surface area contributed by atoms with Crippen LogP contribution in [0.4, 0.5) is 5.13 Å². The molecule has 0 saturated carbocycles. The standard InChI is InChI=1S/C29H23N7O11S4/c30-28-31-13(9-49-28)18(35-47-21(27(45)46)10-1-3-14(37)16(39)5-10)22(41)32-19-24(42)36-20(26(43)44)12(7-48-25(19)36)8-50-29-34-33-23(51-29)11-2-4-15(38)17(40)6-11/h1-6,9,19,21,25,37-40H,7-8H2,(H2,30,31)(H,32,41)(H,43,44)(H,45,46)/t19-,21?,25-/m1/s1. The number of fused-ring (bicyclic) bond motifs is 1. The number of nitrogen functional groups attached to an aromatic ring is 1. The van der Waals surface area contributed by atoms with Gasteiger partial charge in [-0.15, -0.1) is 33.3 Å². The van der Waals surface area contributed by atoms with Crippen LogP contribution in [0.15, 0.2) is 62.5 Å². The molecule has 2 aliphatic heterocycles. The lowest BCUT2D eigenvalue weighted by Gasteiger charge is -2.49. The Balaban J connectivity index is 1.17. The van der Waals surface area contributed by atoms with Crippen LogP contribution < -0.4 is 11.1 Å². The first kappa shape index (κ1) is 35.3. The van der Waals surface area contributed by atoms with Crippen LogP contribution in [0.3, 0.4) is 0 Å². The summed E-state index contributed by atoms with van der Waals surface area (Å²) in [7, 11) is 0. The third-order valence-corrected chi connectivity index (χ3v) is 11.5. The Bertz CT molecular complexity index is 2140. The van der Waals surface area contributed by atoms with E-state index in [1.165, 1.54) is 58.4 Å². The number of hydrogen-bond acceptors (Lipinski definition) is 18. The number of nitrogens with two attached hydrogens (primary N) is 1. The highest BCUT2D eigenvalue weighted by Gasteiger charge is 2.54. The van der Waals surface area contributed by atoms with E-state index in [2.05, 4.69) is 25.7 Å². The van der Waals surface area contributed by atoms with Gasteiger partial charge in [0.05, 0.1) is 0 Å². The monoisotopic (exact) mass is 773 g/mol. The van der Waals surface area contributed by atoms with Crippen LogP contribution in [0.2, 0.25) is 0 Å². The molecule has 0 aliphatic carbocycles. The fourth-order valence-electron chi connectivity index (χ4n) is 4.85. The number of β-lactam (4-membered cyclic amide) rings is 1. The normalized spacial score (nSPS) is 17.8. The number of anilines is 1. The van der Waals surface area contributed by atoms with Crippen molar-refractivity contribution >= 4 is 80.8 Å². The van der Waals surface area contributed by atoms with Crippen LogP contribution >= 0.6 is 46.2 Å². The molecule has 264 valence electrons. The molecule has 3 atom stereocenters. The summed E-state index contributed by atoms with van der Waals surface area (Å²) < 4.78 is 0.492. The highest BCUT2D eigenvalue weighted by Crippen LogP contribution is 2.42.